The Kier molecular flexibility index (Phi) is 9.40. The van der Waals surface area contributed by atoms with Gasteiger partial charge >= 0.3 is 34.2 Å². The molecule has 8 nitrogen and oxygen atoms in total. The van der Waals surface area contributed by atoms with Crippen LogP contribution in [0.1, 0.15) is 103 Å². The molecule has 4 bridgehead atoms. The molecule has 0 N–H and O–H groups in total. The molecule has 0 aromatic rings. The summed E-state index contributed by atoms with van der Waals surface area (Å²) < 4.78 is 54.6. The Morgan fingerprint density at radius 1 is 0.354 bits per heavy atom. The van der Waals surface area contributed by atoms with Gasteiger partial charge in [0.15, 0.2) is 0 Å². The van der Waals surface area contributed by atoms with E-state index < -0.39 is 34.2 Å². The van der Waals surface area contributed by atoms with Gasteiger partial charge in [-0.15, -0.1) is 0 Å². The van der Waals surface area contributed by atoms with Gasteiger partial charge in [0.2, 0.25) is 0 Å². The molecule has 7 aliphatic heterocycles. The first-order valence-electron chi connectivity index (χ1n) is 20.4. The van der Waals surface area contributed by atoms with Crippen molar-refractivity contribution in [3.8, 4) is 0 Å². The average molecular weight is 737 g/mol. The number of fused-ring (bicyclic) bond motifs is 6. The van der Waals surface area contributed by atoms with Crippen molar-refractivity contribution in [1.29, 1.82) is 0 Å². The minimum absolute atomic E-state index is 0.498. The second-order valence-corrected chi connectivity index (χ2v) is 33.1. The van der Waals surface area contributed by atoms with E-state index in [-0.39, 0.29) is 0 Å². The average Bonchev–Trinajstić information content (AvgIpc) is 3.95. The Morgan fingerprint density at radius 2 is 0.667 bits per heavy atom. The van der Waals surface area contributed by atoms with E-state index in [9.17, 15) is 0 Å². The van der Waals surface area contributed by atoms with Crippen LogP contribution in [-0.2, 0) is 35.4 Å². The van der Waals surface area contributed by atoms with Crippen molar-refractivity contribution in [1.82, 2.24) is 0 Å². The van der Waals surface area contributed by atoms with Crippen LogP contribution in [0, 0.1) is 23.7 Å². The summed E-state index contributed by atoms with van der Waals surface area (Å²) in [6, 6.07) is 4.22. The lowest BCUT2D eigenvalue weighted by Crippen LogP contribution is -2.67. The third-order valence-electron chi connectivity index (χ3n) is 14.2. The number of epoxide rings is 2. The Bertz CT molecular complexity index is 1000. The summed E-state index contributed by atoms with van der Waals surface area (Å²) in [5.41, 5.74) is 0. The molecule has 48 heavy (non-hydrogen) atoms. The Hall–Kier alpha value is 0.548. The highest BCUT2D eigenvalue weighted by Gasteiger charge is 2.58. The van der Waals surface area contributed by atoms with Gasteiger partial charge in [-0.1, -0.05) is 0 Å². The first-order chi connectivity index (χ1) is 23.0. The summed E-state index contributed by atoms with van der Waals surface area (Å²) in [6.07, 6.45) is 23.8. The van der Waals surface area contributed by atoms with Gasteiger partial charge in [-0.3, -0.25) is 0 Å². The number of hydrogen-bond acceptors (Lipinski definition) is 8. The molecule has 272 valence electrons. The standard InChI is InChI=1S/C36H64O8Si4/c1-45(13-9-25-5-7-33-35(21-25)39-33)41-47(3,15-11-27-17-29-23-30(18-27)37-29)43-46(2,14-10-26-6-8-34-36(22-26)40-34)44-48(4,42-45)16-12-28-19-31-24-32(20-28)38-31/h25-36H,5-24H2,1-4H3. The van der Waals surface area contributed by atoms with Gasteiger partial charge in [0.05, 0.1) is 48.8 Å². The maximum absolute atomic E-state index is 7.67. The Balaban J connectivity index is 0.940. The summed E-state index contributed by atoms with van der Waals surface area (Å²) in [7, 11) is -10.4. The number of rotatable bonds is 12. The molecule has 10 atom stereocenters. The summed E-state index contributed by atoms with van der Waals surface area (Å²) >= 11 is 0. The van der Waals surface area contributed by atoms with E-state index in [2.05, 4.69) is 26.2 Å². The van der Waals surface area contributed by atoms with Gasteiger partial charge in [0, 0.05) is 0 Å². The number of hydrogen-bond donors (Lipinski definition) is 0. The lowest BCUT2D eigenvalue weighted by Gasteiger charge is -2.52. The van der Waals surface area contributed by atoms with Gasteiger partial charge in [0.1, 0.15) is 0 Å². The topological polar surface area (TPSA) is 80.4 Å². The zero-order valence-electron chi connectivity index (χ0n) is 30.3. The van der Waals surface area contributed by atoms with Crippen LogP contribution >= 0.6 is 0 Å². The van der Waals surface area contributed by atoms with Gasteiger partial charge in [-0.25, -0.2) is 0 Å². The van der Waals surface area contributed by atoms with Crippen LogP contribution in [-0.4, -0.2) is 83.1 Å². The monoisotopic (exact) mass is 736 g/mol. The fourth-order valence-corrected chi connectivity index (χ4v) is 35.3. The summed E-state index contributed by atoms with van der Waals surface area (Å²) in [4.78, 5) is 0. The van der Waals surface area contributed by atoms with Crippen LogP contribution in [0.25, 0.3) is 0 Å². The van der Waals surface area contributed by atoms with Crippen LogP contribution < -0.4 is 0 Å². The molecule has 0 aromatic carbocycles. The molecular formula is C36H64O8Si4. The Morgan fingerprint density at radius 3 is 0.979 bits per heavy atom. The molecule has 7 saturated heterocycles. The van der Waals surface area contributed by atoms with E-state index in [1.165, 1.54) is 103 Å². The zero-order chi connectivity index (χ0) is 32.7. The van der Waals surface area contributed by atoms with Gasteiger partial charge in [-0.05, 0) is 177 Å². The van der Waals surface area contributed by atoms with Crippen molar-refractivity contribution in [2.45, 2.75) is 202 Å². The lowest BCUT2D eigenvalue weighted by molar-refractivity contribution is -0.173. The highest BCUT2D eigenvalue weighted by Crippen LogP contribution is 2.48. The molecule has 10 unspecified atom stereocenters. The van der Waals surface area contributed by atoms with Crippen molar-refractivity contribution < 1.29 is 35.4 Å². The van der Waals surface area contributed by atoms with E-state index in [4.69, 9.17) is 35.4 Å². The second-order valence-electron chi connectivity index (χ2n) is 18.8. The van der Waals surface area contributed by atoms with Crippen molar-refractivity contribution in [3.63, 3.8) is 0 Å². The molecule has 0 radical (unpaired) electrons. The first kappa shape index (κ1) is 34.3. The maximum atomic E-state index is 7.67. The van der Waals surface area contributed by atoms with E-state index in [1.54, 1.807) is 0 Å². The van der Waals surface area contributed by atoms with Crippen LogP contribution in [0.2, 0.25) is 50.4 Å². The van der Waals surface area contributed by atoms with E-state index >= 15 is 0 Å². The van der Waals surface area contributed by atoms with E-state index in [1.807, 2.05) is 0 Å². The quantitative estimate of drug-likeness (QED) is 0.147. The summed E-state index contributed by atoms with van der Waals surface area (Å²) in [6.45, 7) is 9.62. The van der Waals surface area contributed by atoms with Crippen LogP contribution in [0.5, 0.6) is 0 Å². The van der Waals surface area contributed by atoms with Gasteiger partial charge < -0.3 is 35.4 Å². The van der Waals surface area contributed by atoms with Crippen LogP contribution in [0.15, 0.2) is 0 Å². The molecule has 4 saturated carbocycles. The van der Waals surface area contributed by atoms with E-state index in [0.29, 0.717) is 48.8 Å². The minimum atomic E-state index is -2.60. The summed E-state index contributed by atoms with van der Waals surface area (Å²) in [5.74, 6) is 2.93. The fraction of sp³-hybridized carbons (Fsp3) is 1.00. The van der Waals surface area contributed by atoms with Crippen LogP contribution in [0.4, 0.5) is 0 Å². The third kappa shape index (κ3) is 7.90. The first-order valence-corrected chi connectivity index (χ1v) is 30.5. The Labute approximate surface area is 294 Å². The predicted molar refractivity (Wildman–Crippen MR) is 193 cm³/mol. The van der Waals surface area contributed by atoms with Crippen molar-refractivity contribution in [2.24, 2.45) is 23.7 Å². The molecule has 0 amide bonds. The second kappa shape index (κ2) is 13.1. The SMILES string of the molecule is C[Si]1(CCC2CC3CC(C2)O3)O[Si](C)(CCC2CCC3OC3C2)O[Si](C)(CCC2CC3CC(C2)O3)O[Si](C)(CCC2CCC3OC3C2)O1. The molecule has 11 aliphatic rings. The van der Waals surface area contributed by atoms with Gasteiger partial charge in [0.25, 0.3) is 0 Å². The molecule has 11 fully saturated rings. The maximum Gasteiger partial charge on any atom is 0.317 e. The molecule has 0 spiro atoms. The molecular weight excluding hydrogens is 673 g/mol. The van der Waals surface area contributed by atoms with Crippen molar-refractivity contribution >= 4 is 34.2 Å². The smallest absolute Gasteiger partial charge is 0.317 e. The molecule has 0 aromatic heterocycles. The lowest BCUT2D eigenvalue weighted by atomic mass is 9.79. The van der Waals surface area contributed by atoms with Crippen molar-refractivity contribution in [2.75, 3.05) is 0 Å². The highest BCUT2D eigenvalue weighted by molar-refractivity contribution is 6.93. The van der Waals surface area contributed by atoms with Crippen molar-refractivity contribution in [3.05, 3.63) is 0 Å². The zero-order valence-corrected chi connectivity index (χ0v) is 34.3. The van der Waals surface area contributed by atoms with E-state index in [0.717, 1.165) is 47.8 Å². The largest absolute Gasteiger partial charge is 0.416 e. The molecule has 12 heteroatoms. The fourth-order valence-electron chi connectivity index (χ4n) is 11.5. The molecule has 11 rings (SSSR count). The third-order valence-corrected chi connectivity index (χ3v) is 32.8. The molecule has 7 heterocycles. The van der Waals surface area contributed by atoms with Gasteiger partial charge in [-0.2, -0.15) is 0 Å². The predicted octanol–water partition coefficient (Wildman–Crippen LogP) is 8.18. The highest BCUT2D eigenvalue weighted by atomic mass is 28.5. The number of ether oxygens (including phenoxy) is 4. The summed E-state index contributed by atoms with van der Waals surface area (Å²) in [5, 5.41) is 0. The normalized spacial score (nSPS) is 55.2. The molecule has 4 aliphatic carbocycles. The van der Waals surface area contributed by atoms with Crippen LogP contribution in [0.3, 0.4) is 0 Å². The minimum Gasteiger partial charge on any atom is -0.416 e.